The van der Waals surface area contributed by atoms with Crippen LogP contribution in [0.1, 0.15) is 12.0 Å². The van der Waals surface area contributed by atoms with Crippen LogP contribution >= 0.6 is 11.6 Å². The van der Waals surface area contributed by atoms with E-state index in [0.717, 1.165) is 5.56 Å². The summed E-state index contributed by atoms with van der Waals surface area (Å²) in [4.78, 5) is 24.3. The molecule has 2 aliphatic heterocycles. The molecule has 2 N–H and O–H groups in total. The molecule has 1 atom stereocenters. The second kappa shape index (κ2) is 6.76. The van der Waals surface area contributed by atoms with Crippen molar-refractivity contribution in [3.63, 3.8) is 0 Å². The Labute approximate surface area is 154 Å². The van der Waals surface area contributed by atoms with Crippen molar-refractivity contribution in [1.29, 1.82) is 0 Å². The average Bonchev–Trinajstić information content (AvgIpc) is 3.08. The Bertz CT molecular complexity index is 886. The molecule has 134 valence electrons. The molecule has 2 aromatic rings. The third kappa shape index (κ3) is 3.39. The number of anilines is 1. The molecule has 0 aliphatic carbocycles. The summed E-state index contributed by atoms with van der Waals surface area (Å²) >= 11 is 5.89. The fourth-order valence-corrected chi connectivity index (χ4v) is 2.92. The smallest absolute Gasteiger partial charge is 0.266 e. The maximum absolute atomic E-state index is 12.2. The lowest BCUT2D eigenvalue weighted by Crippen LogP contribution is -2.40. The average molecular weight is 375 g/mol. The second-order valence-corrected chi connectivity index (χ2v) is 6.34. The quantitative estimate of drug-likeness (QED) is 0.858. The topological polar surface area (TPSA) is 85.9 Å². The van der Waals surface area contributed by atoms with Gasteiger partial charge in [-0.3, -0.25) is 9.59 Å². The van der Waals surface area contributed by atoms with Gasteiger partial charge in [-0.25, -0.2) is 0 Å². The predicted molar refractivity (Wildman–Crippen MR) is 93.5 cm³/mol. The highest BCUT2D eigenvalue weighted by molar-refractivity contribution is 6.31. The van der Waals surface area contributed by atoms with Crippen LogP contribution in [0, 0.1) is 0 Å². The first-order valence-electron chi connectivity index (χ1n) is 8.01. The van der Waals surface area contributed by atoms with Crippen LogP contribution < -0.4 is 24.8 Å². The van der Waals surface area contributed by atoms with E-state index in [2.05, 4.69) is 10.6 Å². The Morgan fingerprint density at radius 1 is 1.15 bits per heavy atom. The van der Waals surface area contributed by atoms with Crippen LogP contribution in [0.15, 0.2) is 36.4 Å². The van der Waals surface area contributed by atoms with Gasteiger partial charge in [0.1, 0.15) is 5.75 Å². The normalized spacial score (nSPS) is 17.1. The highest BCUT2D eigenvalue weighted by atomic mass is 35.5. The molecule has 0 unspecified atom stereocenters. The zero-order chi connectivity index (χ0) is 18.1. The fraction of sp³-hybridized carbons (Fsp3) is 0.222. The summed E-state index contributed by atoms with van der Waals surface area (Å²) in [6, 6.07) is 10.4. The molecule has 0 saturated heterocycles. The highest BCUT2D eigenvalue weighted by Crippen LogP contribution is 2.33. The van der Waals surface area contributed by atoms with Crippen LogP contribution in [0.25, 0.3) is 0 Å². The van der Waals surface area contributed by atoms with Crippen LogP contribution in [-0.4, -0.2) is 24.7 Å². The molecule has 4 rings (SSSR count). The van der Waals surface area contributed by atoms with Crippen molar-refractivity contribution in [2.75, 3.05) is 12.1 Å². The number of amides is 2. The van der Waals surface area contributed by atoms with Gasteiger partial charge in [0.15, 0.2) is 17.6 Å². The number of fused-ring (bicyclic) bond motifs is 2. The maximum atomic E-state index is 12.2. The van der Waals surface area contributed by atoms with Crippen molar-refractivity contribution in [2.45, 2.75) is 19.1 Å². The van der Waals surface area contributed by atoms with Gasteiger partial charge in [-0.1, -0.05) is 17.7 Å². The molecule has 7 nitrogen and oxygen atoms in total. The van der Waals surface area contributed by atoms with Crippen molar-refractivity contribution in [2.24, 2.45) is 0 Å². The van der Waals surface area contributed by atoms with E-state index < -0.39 is 6.10 Å². The second-order valence-electron chi connectivity index (χ2n) is 5.90. The van der Waals surface area contributed by atoms with Crippen molar-refractivity contribution < 1.29 is 23.8 Å². The first-order chi connectivity index (χ1) is 12.6. The van der Waals surface area contributed by atoms with E-state index in [4.69, 9.17) is 25.8 Å². The van der Waals surface area contributed by atoms with Gasteiger partial charge in [-0.2, -0.15) is 0 Å². The van der Waals surface area contributed by atoms with Crippen LogP contribution in [-0.2, 0) is 16.1 Å². The van der Waals surface area contributed by atoms with Gasteiger partial charge >= 0.3 is 0 Å². The van der Waals surface area contributed by atoms with E-state index >= 15 is 0 Å². The molecule has 0 saturated carbocycles. The largest absolute Gasteiger partial charge is 0.478 e. The third-order valence-electron chi connectivity index (χ3n) is 4.06. The molecule has 0 radical (unpaired) electrons. The monoisotopic (exact) mass is 374 g/mol. The Kier molecular flexibility index (Phi) is 4.30. The molecular weight excluding hydrogens is 360 g/mol. The summed E-state index contributed by atoms with van der Waals surface area (Å²) in [7, 11) is 0. The Morgan fingerprint density at radius 2 is 1.96 bits per heavy atom. The zero-order valence-electron chi connectivity index (χ0n) is 13.6. The highest BCUT2D eigenvalue weighted by Gasteiger charge is 2.29. The minimum atomic E-state index is -0.888. The van der Waals surface area contributed by atoms with Crippen molar-refractivity contribution in [3.05, 3.63) is 47.0 Å². The minimum absolute atomic E-state index is 0.0849. The first-order valence-corrected chi connectivity index (χ1v) is 8.38. The van der Waals surface area contributed by atoms with Gasteiger partial charge in [0.2, 0.25) is 12.7 Å². The number of hydrogen-bond acceptors (Lipinski definition) is 5. The van der Waals surface area contributed by atoms with E-state index in [1.807, 2.05) is 12.1 Å². The number of hydrogen-bond donors (Lipinski definition) is 2. The van der Waals surface area contributed by atoms with Crippen molar-refractivity contribution >= 4 is 29.1 Å². The molecule has 0 bridgehead atoms. The molecule has 2 amide bonds. The van der Waals surface area contributed by atoms with E-state index in [1.54, 1.807) is 24.3 Å². The fourth-order valence-electron chi connectivity index (χ4n) is 2.75. The minimum Gasteiger partial charge on any atom is -0.478 e. The van der Waals surface area contributed by atoms with Gasteiger partial charge < -0.3 is 24.8 Å². The van der Waals surface area contributed by atoms with E-state index in [-0.39, 0.29) is 25.0 Å². The number of rotatable bonds is 4. The van der Waals surface area contributed by atoms with Gasteiger partial charge in [0.25, 0.3) is 5.91 Å². The maximum Gasteiger partial charge on any atom is 0.266 e. The standard InChI is InChI=1S/C18H15ClN2O5/c19-11-2-4-13-12(6-11)21-18(23)16(26-13)7-17(22)20-8-10-1-3-14-15(5-10)25-9-24-14/h1-6,16H,7-9H2,(H,20,22)(H,21,23)/t16-/m1/s1. The number of carbonyl (C=O) groups excluding carboxylic acids is 2. The third-order valence-corrected chi connectivity index (χ3v) is 4.29. The predicted octanol–water partition coefficient (Wildman–Crippen LogP) is 2.47. The molecule has 26 heavy (non-hydrogen) atoms. The van der Waals surface area contributed by atoms with E-state index in [9.17, 15) is 9.59 Å². The number of halogens is 1. The van der Waals surface area contributed by atoms with Gasteiger partial charge in [0, 0.05) is 11.6 Å². The summed E-state index contributed by atoms with van der Waals surface area (Å²) in [6.45, 7) is 0.516. The van der Waals surface area contributed by atoms with Gasteiger partial charge in [-0.15, -0.1) is 0 Å². The molecule has 0 fully saturated rings. The number of ether oxygens (including phenoxy) is 3. The summed E-state index contributed by atoms with van der Waals surface area (Å²) in [5.74, 6) is 1.16. The van der Waals surface area contributed by atoms with Crippen LogP contribution in [0.5, 0.6) is 17.2 Å². The molecule has 2 heterocycles. The number of nitrogens with one attached hydrogen (secondary N) is 2. The lowest BCUT2D eigenvalue weighted by atomic mass is 10.1. The lowest BCUT2D eigenvalue weighted by Gasteiger charge is -2.25. The summed E-state index contributed by atoms with van der Waals surface area (Å²) in [6.07, 6.45) is -0.973. The number of carbonyl (C=O) groups is 2. The molecule has 2 aromatic carbocycles. The summed E-state index contributed by atoms with van der Waals surface area (Å²) in [5.41, 5.74) is 1.37. The summed E-state index contributed by atoms with van der Waals surface area (Å²) in [5, 5.41) is 5.97. The van der Waals surface area contributed by atoms with Crippen LogP contribution in [0.3, 0.4) is 0 Å². The molecule has 8 heteroatoms. The van der Waals surface area contributed by atoms with E-state index in [1.165, 1.54) is 0 Å². The van der Waals surface area contributed by atoms with Crippen LogP contribution in [0.4, 0.5) is 5.69 Å². The Balaban J connectivity index is 1.35. The zero-order valence-corrected chi connectivity index (χ0v) is 14.3. The SMILES string of the molecule is O=C(C[C@H]1Oc2ccc(Cl)cc2NC1=O)NCc1ccc2c(c1)OCO2. The molecule has 0 spiro atoms. The molecule has 2 aliphatic rings. The summed E-state index contributed by atoms with van der Waals surface area (Å²) < 4.78 is 16.2. The molecular formula is C18H15ClN2O5. The van der Waals surface area contributed by atoms with Gasteiger partial charge in [-0.05, 0) is 35.9 Å². The Hall–Kier alpha value is -2.93. The van der Waals surface area contributed by atoms with E-state index in [0.29, 0.717) is 34.5 Å². The van der Waals surface area contributed by atoms with Gasteiger partial charge in [0.05, 0.1) is 12.1 Å². The Morgan fingerprint density at radius 3 is 2.85 bits per heavy atom. The first kappa shape index (κ1) is 16.5. The lowest BCUT2D eigenvalue weighted by molar-refractivity contribution is -0.130. The van der Waals surface area contributed by atoms with Crippen LogP contribution in [0.2, 0.25) is 5.02 Å². The molecule has 0 aromatic heterocycles. The van der Waals surface area contributed by atoms with Crippen molar-refractivity contribution in [3.8, 4) is 17.2 Å². The van der Waals surface area contributed by atoms with Crippen molar-refractivity contribution in [1.82, 2.24) is 5.32 Å². The number of benzene rings is 2.